The van der Waals surface area contributed by atoms with Gasteiger partial charge in [-0.15, -0.1) is 0 Å². The molecule has 4 rings (SSSR count). The Morgan fingerprint density at radius 3 is 2.38 bits per heavy atom. The highest BCUT2D eigenvalue weighted by atomic mass is 19.4. The number of aliphatic carboxylic acids is 1. The van der Waals surface area contributed by atoms with Crippen LogP contribution in [0.15, 0.2) is 30.4 Å². The van der Waals surface area contributed by atoms with E-state index in [1.54, 1.807) is 0 Å². The molecule has 1 aromatic rings. The number of halogens is 3. The highest BCUT2D eigenvalue weighted by Gasteiger charge is 2.51. The van der Waals surface area contributed by atoms with Crippen molar-refractivity contribution >= 4 is 23.3 Å². The number of nitrogens with zero attached hydrogens (tertiary/aromatic N) is 1. The fraction of sp³-hybridized carbons (Fsp3) is 0.500. The molecule has 1 saturated carbocycles. The first-order valence-electron chi connectivity index (χ1n) is 9.51. The minimum atomic E-state index is -4.55. The van der Waals surface area contributed by atoms with Gasteiger partial charge in [-0.2, -0.15) is 13.2 Å². The number of carboxylic acids is 1. The summed E-state index contributed by atoms with van der Waals surface area (Å²) in [4.78, 5) is 26.5. The number of carboxylic acid groups (broad SMARTS) is 1. The van der Waals surface area contributed by atoms with Crippen LogP contribution in [-0.4, -0.2) is 43.3 Å². The van der Waals surface area contributed by atoms with Crippen LogP contribution < -0.4 is 10.2 Å². The third-order valence-electron chi connectivity index (χ3n) is 5.98. The summed E-state index contributed by atoms with van der Waals surface area (Å²) in [7, 11) is 0. The number of amides is 1. The van der Waals surface area contributed by atoms with Gasteiger partial charge in [0.2, 0.25) is 5.91 Å². The first-order valence-corrected chi connectivity index (χ1v) is 9.51. The maximum Gasteiger partial charge on any atom is 0.416 e. The Kier molecular flexibility index (Phi) is 5.02. The van der Waals surface area contributed by atoms with Crippen molar-refractivity contribution in [1.82, 2.24) is 0 Å². The van der Waals surface area contributed by atoms with Crippen LogP contribution >= 0.6 is 0 Å². The minimum Gasteiger partial charge on any atom is -0.481 e. The van der Waals surface area contributed by atoms with E-state index in [1.807, 2.05) is 17.1 Å². The SMILES string of the molecule is O=C(O)[C@H]1[C@H](C(=O)Nc2cc(C(F)(F)F)ccc2N2CCOCC2)[C@H]2C=C[C@@H]1C2. The number of allylic oxidation sites excluding steroid dienone is 2. The van der Waals surface area contributed by atoms with Crippen molar-refractivity contribution in [2.45, 2.75) is 12.6 Å². The van der Waals surface area contributed by atoms with Crippen LogP contribution in [0.1, 0.15) is 12.0 Å². The molecule has 0 unspecified atom stereocenters. The number of carbonyl (C=O) groups is 2. The van der Waals surface area contributed by atoms with Gasteiger partial charge in [0.15, 0.2) is 0 Å². The first-order chi connectivity index (χ1) is 13.8. The number of alkyl halides is 3. The number of rotatable bonds is 4. The van der Waals surface area contributed by atoms with E-state index in [1.165, 1.54) is 6.07 Å². The van der Waals surface area contributed by atoms with Gasteiger partial charge in [0.05, 0.1) is 42.0 Å². The van der Waals surface area contributed by atoms with E-state index in [0.29, 0.717) is 38.4 Å². The quantitative estimate of drug-likeness (QED) is 0.747. The molecule has 1 aliphatic heterocycles. The van der Waals surface area contributed by atoms with Gasteiger partial charge in [0.1, 0.15) is 0 Å². The topological polar surface area (TPSA) is 78.9 Å². The molecule has 1 saturated heterocycles. The van der Waals surface area contributed by atoms with E-state index in [2.05, 4.69) is 5.32 Å². The van der Waals surface area contributed by atoms with Crippen molar-refractivity contribution in [3.63, 3.8) is 0 Å². The summed E-state index contributed by atoms with van der Waals surface area (Å²) in [5.74, 6) is -3.69. The summed E-state index contributed by atoms with van der Waals surface area (Å²) in [6, 6.07) is 3.25. The number of hydrogen-bond acceptors (Lipinski definition) is 4. The molecule has 156 valence electrons. The van der Waals surface area contributed by atoms with Gasteiger partial charge in [-0.3, -0.25) is 9.59 Å². The van der Waals surface area contributed by atoms with Gasteiger partial charge >= 0.3 is 12.1 Å². The zero-order valence-corrected chi connectivity index (χ0v) is 15.5. The molecule has 1 heterocycles. The largest absolute Gasteiger partial charge is 0.481 e. The summed E-state index contributed by atoms with van der Waals surface area (Å²) >= 11 is 0. The molecule has 29 heavy (non-hydrogen) atoms. The van der Waals surface area contributed by atoms with Gasteiger partial charge in [0, 0.05) is 13.1 Å². The lowest BCUT2D eigenvalue weighted by atomic mass is 9.82. The van der Waals surface area contributed by atoms with Gasteiger partial charge in [-0.1, -0.05) is 12.2 Å². The molecule has 2 N–H and O–H groups in total. The fourth-order valence-corrected chi connectivity index (χ4v) is 4.62. The second-order valence-electron chi connectivity index (χ2n) is 7.66. The second kappa shape index (κ2) is 7.37. The number of nitrogens with one attached hydrogen (secondary N) is 1. The predicted molar refractivity (Wildman–Crippen MR) is 98.5 cm³/mol. The summed E-state index contributed by atoms with van der Waals surface area (Å²) in [6.45, 7) is 1.85. The number of benzene rings is 1. The number of fused-ring (bicyclic) bond motifs is 2. The van der Waals surface area contributed by atoms with Crippen molar-refractivity contribution in [3.8, 4) is 0 Å². The van der Waals surface area contributed by atoms with Crippen molar-refractivity contribution in [3.05, 3.63) is 35.9 Å². The number of carbonyl (C=O) groups excluding carboxylic acids is 1. The van der Waals surface area contributed by atoms with E-state index in [-0.39, 0.29) is 17.5 Å². The summed E-state index contributed by atoms with van der Waals surface area (Å²) in [5.41, 5.74) is -0.352. The van der Waals surface area contributed by atoms with E-state index in [4.69, 9.17) is 4.74 Å². The van der Waals surface area contributed by atoms with Crippen LogP contribution in [-0.2, 0) is 20.5 Å². The molecule has 0 spiro atoms. The Labute approximate surface area is 165 Å². The molecule has 4 atom stereocenters. The molecule has 2 bridgehead atoms. The fourth-order valence-electron chi connectivity index (χ4n) is 4.62. The lowest BCUT2D eigenvalue weighted by Crippen LogP contribution is -2.38. The molecule has 2 aliphatic carbocycles. The monoisotopic (exact) mass is 410 g/mol. The predicted octanol–water partition coefficient (Wildman–Crippen LogP) is 3.00. The Morgan fingerprint density at radius 1 is 1.10 bits per heavy atom. The van der Waals surface area contributed by atoms with Crippen LogP contribution in [0.5, 0.6) is 0 Å². The molecular weight excluding hydrogens is 389 g/mol. The molecule has 1 amide bonds. The van der Waals surface area contributed by atoms with E-state index in [0.717, 1.165) is 12.1 Å². The van der Waals surface area contributed by atoms with Gasteiger partial charge in [0.25, 0.3) is 0 Å². The average molecular weight is 410 g/mol. The average Bonchev–Trinajstić information content (AvgIpc) is 3.29. The Balaban J connectivity index is 1.64. The number of anilines is 2. The van der Waals surface area contributed by atoms with Crippen molar-refractivity contribution in [2.75, 3.05) is 36.5 Å². The number of hydrogen-bond donors (Lipinski definition) is 2. The lowest BCUT2D eigenvalue weighted by Gasteiger charge is -2.31. The third-order valence-corrected chi connectivity index (χ3v) is 5.98. The van der Waals surface area contributed by atoms with Gasteiger partial charge in [-0.05, 0) is 36.5 Å². The molecular formula is C20H21F3N2O4. The molecule has 3 aliphatic rings. The third kappa shape index (κ3) is 3.71. The van der Waals surface area contributed by atoms with Crippen LogP contribution in [0.4, 0.5) is 24.5 Å². The van der Waals surface area contributed by atoms with E-state index >= 15 is 0 Å². The summed E-state index contributed by atoms with van der Waals surface area (Å²) in [5, 5.41) is 12.2. The Morgan fingerprint density at radius 2 is 1.76 bits per heavy atom. The highest BCUT2D eigenvalue weighted by Crippen LogP contribution is 2.48. The van der Waals surface area contributed by atoms with Crippen molar-refractivity contribution in [2.24, 2.45) is 23.7 Å². The summed E-state index contributed by atoms with van der Waals surface area (Å²) in [6.07, 6.45) is -0.324. The Hall–Kier alpha value is -2.55. The van der Waals surface area contributed by atoms with E-state index < -0.39 is 35.5 Å². The lowest BCUT2D eigenvalue weighted by molar-refractivity contribution is -0.146. The zero-order valence-electron chi connectivity index (χ0n) is 15.5. The number of ether oxygens (including phenoxy) is 1. The first kappa shape index (κ1) is 19.8. The van der Waals surface area contributed by atoms with E-state index in [9.17, 15) is 27.9 Å². The highest BCUT2D eigenvalue weighted by molar-refractivity contribution is 5.99. The zero-order chi connectivity index (χ0) is 20.8. The smallest absolute Gasteiger partial charge is 0.416 e. The van der Waals surface area contributed by atoms with Crippen LogP contribution in [0.3, 0.4) is 0 Å². The minimum absolute atomic E-state index is 0.0441. The molecule has 0 aromatic heterocycles. The number of morpholine rings is 1. The standard InChI is InChI=1S/C20H21F3N2O4/c21-20(22,23)13-3-4-15(25-5-7-29-8-6-25)14(10-13)24-18(26)16-11-1-2-12(9-11)17(16)19(27)28/h1-4,10-12,16-17H,5-9H2,(H,24,26)(H,27,28)/t11-,12+,16+,17+/m0/s1. The molecule has 2 fully saturated rings. The normalized spacial score (nSPS) is 28.6. The van der Waals surface area contributed by atoms with Crippen LogP contribution in [0.2, 0.25) is 0 Å². The maximum absolute atomic E-state index is 13.2. The second-order valence-corrected chi connectivity index (χ2v) is 7.66. The molecule has 1 aromatic carbocycles. The van der Waals surface area contributed by atoms with Crippen molar-refractivity contribution < 1.29 is 32.6 Å². The Bertz CT molecular complexity index is 849. The van der Waals surface area contributed by atoms with Gasteiger partial charge < -0.3 is 20.1 Å². The maximum atomic E-state index is 13.2. The van der Waals surface area contributed by atoms with Crippen LogP contribution in [0.25, 0.3) is 0 Å². The van der Waals surface area contributed by atoms with Crippen LogP contribution in [0, 0.1) is 23.7 Å². The molecule has 9 heteroatoms. The molecule has 0 radical (unpaired) electrons. The van der Waals surface area contributed by atoms with Gasteiger partial charge in [-0.25, -0.2) is 0 Å². The van der Waals surface area contributed by atoms with Crippen molar-refractivity contribution in [1.29, 1.82) is 0 Å². The summed E-state index contributed by atoms with van der Waals surface area (Å²) < 4.78 is 45.0. The molecule has 6 nitrogen and oxygen atoms in total.